The maximum absolute atomic E-state index is 4.48. The first-order valence-corrected chi connectivity index (χ1v) is 5.86. The highest BCUT2D eigenvalue weighted by molar-refractivity contribution is 5.36. The van der Waals surface area contributed by atoms with Crippen molar-refractivity contribution < 1.29 is 0 Å². The maximum atomic E-state index is 4.48. The van der Waals surface area contributed by atoms with Crippen LogP contribution in [0.5, 0.6) is 0 Å². The summed E-state index contributed by atoms with van der Waals surface area (Å²) in [6, 6.07) is 8.76. The van der Waals surface area contributed by atoms with E-state index >= 15 is 0 Å². The fourth-order valence-electron chi connectivity index (χ4n) is 2.12. The summed E-state index contributed by atoms with van der Waals surface area (Å²) in [4.78, 5) is 0. The molecule has 1 aromatic carbocycles. The first-order valence-electron chi connectivity index (χ1n) is 5.86. The minimum atomic E-state index is 0.163. The molecule has 2 rings (SSSR count). The second kappa shape index (κ2) is 4.72. The molecule has 2 aromatic rings. The normalized spacial score (nSPS) is 12.7. The van der Waals surface area contributed by atoms with Crippen molar-refractivity contribution >= 4 is 0 Å². The van der Waals surface area contributed by atoms with Crippen LogP contribution in [0.15, 0.2) is 30.5 Å². The van der Waals surface area contributed by atoms with E-state index in [1.807, 2.05) is 25.0 Å². The first-order chi connectivity index (χ1) is 8.11. The van der Waals surface area contributed by atoms with Gasteiger partial charge in [0.25, 0.3) is 0 Å². The van der Waals surface area contributed by atoms with Crippen LogP contribution in [0.3, 0.4) is 0 Å². The lowest BCUT2D eigenvalue weighted by Crippen LogP contribution is -2.19. The Kier molecular flexibility index (Phi) is 3.29. The molecular formula is C14H19N3. The van der Waals surface area contributed by atoms with Crippen molar-refractivity contribution in [2.75, 3.05) is 7.05 Å². The van der Waals surface area contributed by atoms with Gasteiger partial charge in [-0.3, -0.25) is 4.68 Å². The van der Waals surface area contributed by atoms with Crippen LogP contribution in [0.1, 0.15) is 28.4 Å². The molecule has 1 atom stereocenters. The van der Waals surface area contributed by atoms with E-state index < -0.39 is 0 Å². The largest absolute Gasteiger partial charge is 0.308 e. The van der Waals surface area contributed by atoms with Crippen LogP contribution in [-0.2, 0) is 7.05 Å². The molecule has 0 aliphatic carbocycles. The Morgan fingerprint density at radius 1 is 1.24 bits per heavy atom. The highest BCUT2D eigenvalue weighted by Crippen LogP contribution is 2.24. The average Bonchev–Trinajstić information content (AvgIpc) is 2.71. The highest BCUT2D eigenvalue weighted by Gasteiger charge is 2.16. The van der Waals surface area contributed by atoms with Gasteiger partial charge in [-0.1, -0.05) is 23.8 Å². The van der Waals surface area contributed by atoms with Crippen molar-refractivity contribution in [1.29, 1.82) is 0 Å². The van der Waals surface area contributed by atoms with Crippen LogP contribution in [0.4, 0.5) is 0 Å². The van der Waals surface area contributed by atoms with Crippen LogP contribution in [-0.4, -0.2) is 16.8 Å². The number of hydrogen-bond acceptors (Lipinski definition) is 2. The van der Waals surface area contributed by atoms with Crippen LogP contribution in [0.2, 0.25) is 0 Å². The summed E-state index contributed by atoms with van der Waals surface area (Å²) in [5.41, 5.74) is 4.93. The van der Waals surface area contributed by atoms with Crippen LogP contribution >= 0.6 is 0 Å². The molecule has 3 heteroatoms. The number of hydrogen-bond donors (Lipinski definition) is 1. The third-order valence-corrected chi connectivity index (χ3v) is 3.06. The van der Waals surface area contributed by atoms with Crippen molar-refractivity contribution in [3.8, 4) is 0 Å². The Labute approximate surface area is 102 Å². The zero-order valence-electron chi connectivity index (χ0n) is 10.9. The third kappa shape index (κ3) is 2.39. The topological polar surface area (TPSA) is 29.9 Å². The van der Waals surface area contributed by atoms with Gasteiger partial charge in [-0.25, -0.2) is 0 Å². The molecule has 0 saturated heterocycles. The molecule has 0 spiro atoms. The summed E-state index contributed by atoms with van der Waals surface area (Å²) in [5, 5.41) is 7.82. The molecule has 17 heavy (non-hydrogen) atoms. The highest BCUT2D eigenvalue weighted by atomic mass is 15.3. The number of nitrogens with zero attached hydrogens (tertiary/aromatic N) is 2. The van der Waals surface area contributed by atoms with E-state index in [4.69, 9.17) is 0 Å². The number of aryl methyl sites for hydroxylation is 3. The van der Waals surface area contributed by atoms with E-state index in [9.17, 15) is 0 Å². The number of aromatic nitrogens is 2. The SMILES string of the molecule is CNC(c1ccn(C)n1)c1cc(C)ccc1C. The minimum absolute atomic E-state index is 0.163. The van der Waals surface area contributed by atoms with Gasteiger partial charge < -0.3 is 5.32 Å². The minimum Gasteiger partial charge on any atom is -0.308 e. The standard InChI is InChI=1S/C14H19N3/c1-10-5-6-11(2)12(9-10)14(15-3)13-7-8-17(4)16-13/h5-9,14-15H,1-4H3. The fourth-order valence-corrected chi connectivity index (χ4v) is 2.12. The molecule has 0 fully saturated rings. The summed E-state index contributed by atoms with van der Waals surface area (Å²) in [5.74, 6) is 0. The van der Waals surface area contributed by atoms with Crippen molar-refractivity contribution in [3.63, 3.8) is 0 Å². The van der Waals surface area contributed by atoms with Gasteiger partial charge in [-0.15, -0.1) is 0 Å². The molecule has 3 nitrogen and oxygen atoms in total. The van der Waals surface area contributed by atoms with Gasteiger partial charge >= 0.3 is 0 Å². The van der Waals surface area contributed by atoms with E-state index in [1.54, 1.807) is 0 Å². The van der Waals surface area contributed by atoms with Gasteiger partial charge in [-0.05, 0) is 38.1 Å². The van der Waals surface area contributed by atoms with Crippen LogP contribution < -0.4 is 5.32 Å². The zero-order chi connectivity index (χ0) is 12.4. The second-order valence-corrected chi connectivity index (χ2v) is 4.50. The molecule has 0 aliphatic heterocycles. The maximum Gasteiger partial charge on any atom is 0.0839 e. The molecule has 1 aromatic heterocycles. The van der Waals surface area contributed by atoms with Crippen molar-refractivity contribution in [1.82, 2.24) is 15.1 Å². The second-order valence-electron chi connectivity index (χ2n) is 4.50. The average molecular weight is 229 g/mol. The van der Waals surface area contributed by atoms with Gasteiger partial charge in [-0.2, -0.15) is 5.10 Å². The molecule has 0 bridgehead atoms. The van der Waals surface area contributed by atoms with Gasteiger partial charge in [0.15, 0.2) is 0 Å². The number of rotatable bonds is 3. The molecule has 1 N–H and O–H groups in total. The van der Waals surface area contributed by atoms with Gasteiger partial charge in [0.2, 0.25) is 0 Å². The molecule has 0 radical (unpaired) electrons. The molecular weight excluding hydrogens is 210 g/mol. The van der Waals surface area contributed by atoms with Crippen molar-refractivity contribution in [3.05, 3.63) is 52.8 Å². The lowest BCUT2D eigenvalue weighted by Gasteiger charge is -2.17. The van der Waals surface area contributed by atoms with Gasteiger partial charge in [0, 0.05) is 13.2 Å². The Balaban J connectivity index is 2.45. The first kappa shape index (κ1) is 11.9. The summed E-state index contributed by atoms with van der Waals surface area (Å²) >= 11 is 0. The molecule has 0 amide bonds. The van der Waals surface area contributed by atoms with Crippen LogP contribution in [0, 0.1) is 13.8 Å². The zero-order valence-corrected chi connectivity index (χ0v) is 10.9. The fraction of sp³-hybridized carbons (Fsp3) is 0.357. The molecule has 90 valence electrons. The van der Waals surface area contributed by atoms with E-state index in [2.05, 4.69) is 48.5 Å². The van der Waals surface area contributed by atoms with Gasteiger partial charge in [0.05, 0.1) is 11.7 Å². The Morgan fingerprint density at radius 2 is 2.00 bits per heavy atom. The monoisotopic (exact) mass is 229 g/mol. The number of nitrogens with one attached hydrogen (secondary N) is 1. The summed E-state index contributed by atoms with van der Waals surface area (Å²) in [6.45, 7) is 4.26. The molecule has 0 aliphatic rings. The van der Waals surface area contributed by atoms with E-state index in [0.717, 1.165) is 5.69 Å². The van der Waals surface area contributed by atoms with E-state index in [0.29, 0.717) is 0 Å². The smallest absolute Gasteiger partial charge is 0.0839 e. The van der Waals surface area contributed by atoms with E-state index in [-0.39, 0.29) is 6.04 Å². The Morgan fingerprint density at radius 3 is 2.59 bits per heavy atom. The summed E-state index contributed by atoms with van der Waals surface area (Å²) in [7, 11) is 3.92. The third-order valence-electron chi connectivity index (χ3n) is 3.06. The number of benzene rings is 1. The lowest BCUT2D eigenvalue weighted by atomic mass is 9.97. The quantitative estimate of drug-likeness (QED) is 0.875. The summed E-state index contributed by atoms with van der Waals surface area (Å²) < 4.78 is 1.84. The molecule has 0 saturated carbocycles. The van der Waals surface area contributed by atoms with Gasteiger partial charge in [0.1, 0.15) is 0 Å². The van der Waals surface area contributed by atoms with Crippen molar-refractivity contribution in [2.24, 2.45) is 7.05 Å². The Bertz CT molecular complexity index is 514. The molecule has 1 unspecified atom stereocenters. The lowest BCUT2D eigenvalue weighted by molar-refractivity contribution is 0.639. The predicted molar refractivity (Wildman–Crippen MR) is 70.0 cm³/mol. The molecule has 1 heterocycles. The Hall–Kier alpha value is -1.61. The van der Waals surface area contributed by atoms with Crippen LogP contribution in [0.25, 0.3) is 0 Å². The predicted octanol–water partition coefficient (Wildman–Crippen LogP) is 2.35. The van der Waals surface area contributed by atoms with E-state index in [1.165, 1.54) is 16.7 Å². The van der Waals surface area contributed by atoms with Crippen molar-refractivity contribution in [2.45, 2.75) is 19.9 Å². The summed E-state index contributed by atoms with van der Waals surface area (Å²) in [6.07, 6.45) is 1.98.